The molecular formula is C69H80N18O17S5. The standard InChI is InChI=1S/C69H80N18O17S5/c1-13-25(3)45-60(100)74-28(6)54(94)72-27(5)53(93)73-29(7)55(95)87-69-18-17-38(63-81-41(21-106-63)56(96)71-26(4)52(70)92)77-50(69)40-20-107-64(79-40)47(32(10)104-66(102)39-19-35(30(8)88)34-15-16-37(75-45)49(91)48(34)76-39)85-57(97)42-23-108-65(82-42)51(68(12,103)33(11)90)86-59(99)43-22-105-62(80-43)36(14-2)78-61(101)46(31(9)89)84-58(98)44-24-109-67(69)83-44/h14-16,19-25,28-33,37,45-47,49-51,75,88-91,103H,4-5,13,17-18H2,1-3,6-12H3,(H2,70,92)(H,71,96)(H,72,94)(H,73,93)(H,74,100)(H,78,101)(H,84,98)(H,85,97)(H,86,99)(H,87,95)/b36-14-/t25-,28-,29-,30-,31+,32+,33+,37+,45-,46-,47-,49-,50+,51+,68+,69+/m0/s1. The minimum Gasteiger partial charge on any atom is -0.455 e. The van der Waals surface area contributed by atoms with Gasteiger partial charge in [0.2, 0.25) is 23.6 Å². The highest BCUT2D eigenvalue weighted by atomic mass is 32.1. The summed E-state index contributed by atoms with van der Waals surface area (Å²) in [6, 6.07) is -10.3. The summed E-state index contributed by atoms with van der Waals surface area (Å²) in [7, 11) is 0. The lowest BCUT2D eigenvalue weighted by Gasteiger charge is -2.41. The van der Waals surface area contributed by atoms with Gasteiger partial charge in [-0.2, -0.15) is 0 Å². The Balaban J connectivity index is 1.18. The van der Waals surface area contributed by atoms with E-state index < -0.39 is 178 Å². The summed E-state index contributed by atoms with van der Waals surface area (Å²) in [6.07, 6.45) is -3.07. The molecule has 0 saturated carbocycles. The Morgan fingerprint density at radius 2 is 1.40 bits per heavy atom. The fraction of sp³-hybridized carbons (Fsp3) is 0.420. The summed E-state index contributed by atoms with van der Waals surface area (Å²) < 4.78 is 6.25. The number of nitrogens with one attached hydrogen (secondary N) is 10. The number of allylic oxidation sites excluding steroid dienone is 1. The van der Waals surface area contributed by atoms with Crippen LogP contribution in [0.15, 0.2) is 74.7 Å². The number of aliphatic hydroxyl groups is 5. The van der Waals surface area contributed by atoms with E-state index in [1.54, 1.807) is 19.1 Å². The molecule has 1 aliphatic carbocycles. The Bertz CT molecular complexity index is 4740. The zero-order valence-corrected chi connectivity index (χ0v) is 64.3. The average Bonchev–Trinajstić information content (AvgIpc) is 1.66. The van der Waals surface area contributed by atoms with Crippen molar-refractivity contribution in [1.29, 1.82) is 0 Å². The number of aromatic nitrogens is 6. The minimum atomic E-state index is -2.22. The van der Waals surface area contributed by atoms with Gasteiger partial charge in [0, 0.05) is 32.5 Å². The number of esters is 1. The zero-order valence-electron chi connectivity index (χ0n) is 60.2. The molecule has 10 amide bonds. The molecule has 0 fully saturated rings. The summed E-state index contributed by atoms with van der Waals surface area (Å²) in [5, 5.41) is 91.2. The fourth-order valence-electron chi connectivity index (χ4n) is 11.9. The van der Waals surface area contributed by atoms with Gasteiger partial charge in [-0.3, -0.25) is 58.3 Å². The predicted octanol–water partition coefficient (Wildman–Crippen LogP) is 1.86. The van der Waals surface area contributed by atoms with Crippen molar-refractivity contribution in [3.63, 3.8) is 0 Å². The number of nitrogens with two attached hydrogens (primary N) is 1. The number of cyclic esters (lactones) is 1. The van der Waals surface area contributed by atoms with E-state index in [1.165, 1.54) is 94.4 Å². The molecule has 3 aliphatic heterocycles. The second kappa shape index (κ2) is 33.4. The van der Waals surface area contributed by atoms with Crippen molar-refractivity contribution >= 4 is 139 Å². The van der Waals surface area contributed by atoms with E-state index in [1.807, 2.05) is 6.92 Å². The van der Waals surface area contributed by atoms with E-state index in [4.69, 9.17) is 25.4 Å². The number of aliphatic hydroxyl groups excluding tert-OH is 4. The van der Waals surface area contributed by atoms with Crippen LogP contribution in [0.1, 0.15) is 219 Å². The largest absolute Gasteiger partial charge is 0.455 e. The molecule has 17 N–H and O–H groups in total. The van der Waals surface area contributed by atoms with Crippen LogP contribution in [0.25, 0.3) is 11.8 Å². The number of amides is 10. The first-order chi connectivity index (χ1) is 51.4. The summed E-state index contributed by atoms with van der Waals surface area (Å²) in [6.45, 7) is 21.5. The maximum absolute atomic E-state index is 15.3. The Kier molecular flexibility index (Phi) is 24.9. The van der Waals surface area contributed by atoms with Crippen molar-refractivity contribution in [2.24, 2.45) is 16.6 Å². The van der Waals surface area contributed by atoms with E-state index >= 15 is 14.4 Å². The number of carbonyl (C=O) groups is 11. The van der Waals surface area contributed by atoms with Gasteiger partial charge in [-0.25, -0.2) is 34.7 Å². The lowest BCUT2D eigenvalue weighted by molar-refractivity contribution is -0.131. The summed E-state index contributed by atoms with van der Waals surface area (Å²) in [5.74, 6) is -11.0. The van der Waals surface area contributed by atoms with Gasteiger partial charge in [0.15, 0.2) is 0 Å². The van der Waals surface area contributed by atoms with Gasteiger partial charge in [-0.1, -0.05) is 51.7 Å². The lowest BCUT2D eigenvalue weighted by Crippen LogP contribution is -2.57. The van der Waals surface area contributed by atoms with E-state index in [2.05, 4.69) is 86.3 Å². The van der Waals surface area contributed by atoms with Crippen molar-refractivity contribution in [2.45, 2.75) is 178 Å². The Morgan fingerprint density at radius 3 is 2.08 bits per heavy atom. The van der Waals surface area contributed by atoms with Crippen molar-refractivity contribution < 1.29 is 83.0 Å². The van der Waals surface area contributed by atoms with Crippen LogP contribution in [-0.2, 0) is 39.0 Å². The second-order valence-corrected chi connectivity index (χ2v) is 31.0. The number of ether oxygens (including phenoxy) is 1. The number of fused-ring (bicyclic) bond motifs is 8. The fourth-order valence-corrected chi connectivity index (χ4v) is 16.5. The molecule has 40 heteroatoms. The normalized spacial score (nSPS) is 26.3. The third-order valence-electron chi connectivity index (χ3n) is 18.7. The number of primary amides is 1. The van der Waals surface area contributed by atoms with Gasteiger partial charge in [0.05, 0.1) is 64.6 Å². The molecule has 6 aromatic heterocycles. The van der Waals surface area contributed by atoms with E-state index in [-0.39, 0.29) is 94.6 Å². The first kappa shape index (κ1) is 81.4. The number of carbonyl (C=O) groups excluding carboxylic acids is 11. The quantitative estimate of drug-likeness (QED) is 0.0687. The topological polar surface area (TPSA) is 534 Å². The van der Waals surface area contributed by atoms with Crippen molar-refractivity contribution in [3.8, 4) is 0 Å². The summed E-state index contributed by atoms with van der Waals surface area (Å²) in [4.78, 5) is 190. The van der Waals surface area contributed by atoms with Gasteiger partial charge >= 0.3 is 5.97 Å². The molecular weight excluding hydrogens is 1510 g/mol. The van der Waals surface area contributed by atoms with Gasteiger partial charge in [0.25, 0.3) is 35.4 Å². The molecule has 578 valence electrons. The Morgan fingerprint density at radius 1 is 0.752 bits per heavy atom. The molecule has 0 spiro atoms. The Labute approximate surface area is 642 Å². The van der Waals surface area contributed by atoms with Crippen LogP contribution in [0.2, 0.25) is 0 Å². The van der Waals surface area contributed by atoms with Crippen LogP contribution in [-0.4, -0.2) is 180 Å². The van der Waals surface area contributed by atoms with E-state index in [0.717, 1.165) is 56.7 Å². The van der Waals surface area contributed by atoms with Gasteiger partial charge in [-0.15, -0.1) is 56.7 Å². The molecule has 0 unspecified atom stereocenters. The number of nitrogens with zero attached hydrogens (tertiary/aromatic N) is 7. The second-order valence-electron chi connectivity index (χ2n) is 26.6. The van der Waals surface area contributed by atoms with E-state index in [0.29, 0.717) is 6.42 Å². The zero-order chi connectivity index (χ0) is 79.6. The van der Waals surface area contributed by atoms with Gasteiger partial charge in [0.1, 0.15) is 113 Å². The molecule has 35 nitrogen and oxygen atoms in total. The first-order valence-electron chi connectivity index (χ1n) is 34.1. The number of hydrogen-bond acceptors (Lipinski definition) is 30. The van der Waals surface area contributed by atoms with Crippen molar-refractivity contribution in [2.75, 3.05) is 0 Å². The summed E-state index contributed by atoms with van der Waals surface area (Å²) in [5.41, 5.74) is -1.10. The molecule has 13 bridgehead atoms. The molecule has 0 aromatic carbocycles. The molecule has 4 aliphatic rings. The smallest absolute Gasteiger partial charge is 0.357 e. The maximum Gasteiger partial charge on any atom is 0.357 e. The van der Waals surface area contributed by atoms with E-state index in [9.17, 15) is 63.9 Å². The van der Waals surface area contributed by atoms with Crippen LogP contribution >= 0.6 is 56.7 Å². The van der Waals surface area contributed by atoms with Gasteiger partial charge < -0.3 is 83.9 Å². The van der Waals surface area contributed by atoms with Crippen LogP contribution in [0.5, 0.6) is 0 Å². The van der Waals surface area contributed by atoms with Crippen LogP contribution in [0.4, 0.5) is 0 Å². The minimum absolute atomic E-state index is 0.0216. The van der Waals surface area contributed by atoms with Crippen LogP contribution in [0.3, 0.4) is 0 Å². The molecule has 6 aromatic rings. The first-order valence-corrected chi connectivity index (χ1v) is 38.5. The number of pyridine rings is 1. The van der Waals surface area contributed by atoms with Crippen LogP contribution < -0.4 is 58.9 Å². The Hall–Kier alpha value is -10.1. The highest BCUT2D eigenvalue weighted by Gasteiger charge is 2.51. The molecule has 0 saturated heterocycles. The number of thiazole rings is 5. The van der Waals surface area contributed by atoms with Crippen molar-refractivity contribution in [1.82, 2.24) is 83.1 Å². The maximum atomic E-state index is 15.3. The monoisotopic (exact) mass is 1590 g/mol. The highest BCUT2D eigenvalue weighted by molar-refractivity contribution is 7.12. The average molecular weight is 1590 g/mol. The van der Waals surface area contributed by atoms with Gasteiger partial charge in [-0.05, 0) is 85.8 Å². The third-order valence-corrected chi connectivity index (χ3v) is 23.3. The summed E-state index contributed by atoms with van der Waals surface area (Å²) >= 11 is 4.34. The molecule has 109 heavy (non-hydrogen) atoms. The molecule has 0 radical (unpaired) electrons. The SMILES string of the molecule is C=C(NC(=O)c1csc(C2=N[C@@H]3c4csc(n4)[C@H]4NC(=O)c5csc(n5)[C@H]([C@](C)(O)[C@@H](C)O)NC(=O)c5csc(n5)/C(=C/C)NC(=O)[C@H]([C@@H](C)O)NC(=O)c5csc(n5)[C@]3(CC2)NC(=O)[C@H](C)NC(=O)C(=C)NC(=O)[C@H](C)NC(=O)[C@H]([C@@H](C)CC)N[C@@H]2C=Cc3c([C@H](C)O)cc(nc3[C@H]2O)C(=O)O[C@@H]4C)n1)C(N)=O. The van der Waals surface area contributed by atoms with Crippen LogP contribution in [0, 0.1) is 5.92 Å². The predicted molar refractivity (Wildman–Crippen MR) is 399 cm³/mol. The highest BCUT2D eigenvalue weighted by Crippen LogP contribution is 2.48. The lowest BCUT2D eigenvalue weighted by atomic mass is 9.80. The molecule has 16 atom stereocenters. The molecule has 10 rings (SSSR count). The molecule has 9 heterocycles. The van der Waals surface area contributed by atoms with Crippen molar-refractivity contribution in [3.05, 3.63) is 146 Å². The number of rotatable bonds is 10. The third kappa shape index (κ3) is 17.5. The number of aliphatic imine (C=N–C) groups is 1. The number of hydrogen-bond donors (Lipinski definition) is 16.